The molecule has 0 aliphatic rings. The van der Waals surface area contributed by atoms with E-state index in [1.165, 1.54) is 0 Å². The monoisotopic (exact) mass is 441 g/mol. The molecule has 154 valence electrons. The number of hydrogen-bond acceptors (Lipinski definition) is 4. The van der Waals surface area contributed by atoms with Crippen molar-refractivity contribution in [3.05, 3.63) is 76.3 Å². The van der Waals surface area contributed by atoms with Crippen LogP contribution in [0, 0.1) is 0 Å². The number of Topliss-reactive ketones (excluding diaryl/α,β-unsaturated/α-hetero) is 1. The largest absolute Gasteiger partial charge is 0.315 e. The van der Waals surface area contributed by atoms with Gasteiger partial charge in [-0.3, -0.25) is 14.6 Å². The second kappa shape index (κ2) is 9.83. The summed E-state index contributed by atoms with van der Waals surface area (Å²) in [5.74, 6) is -0.0569. The Balaban J connectivity index is 1.71. The summed E-state index contributed by atoms with van der Waals surface area (Å²) in [4.78, 5) is 34.2. The van der Waals surface area contributed by atoms with Crippen LogP contribution in [0.5, 0.6) is 0 Å². The Morgan fingerprint density at radius 1 is 1.07 bits per heavy atom. The standard InChI is InChI=1S/C23H21Cl2N3O2/c1-3-22(30)28(2)17-8-9-18(19(24)13-17)16-6-10-20(27-14-16)21(29)11-7-15-5-4-12-26-23(15)25/h4-6,8-10,12-14H,3,7,11H2,1-2H3. The van der Waals surface area contributed by atoms with Crippen LogP contribution in [-0.4, -0.2) is 28.7 Å². The number of hydrogen-bond donors (Lipinski definition) is 0. The zero-order valence-corrected chi connectivity index (χ0v) is 18.2. The van der Waals surface area contributed by atoms with Crippen molar-refractivity contribution in [2.75, 3.05) is 11.9 Å². The number of carbonyl (C=O) groups is 2. The number of amides is 1. The first-order valence-corrected chi connectivity index (χ1v) is 10.3. The quantitative estimate of drug-likeness (QED) is 0.351. The van der Waals surface area contributed by atoms with Gasteiger partial charge in [0, 0.05) is 49.1 Å². The van der Waals surface area contributed by atoms with Gasteiger partial charge in [-0.15, -0.1) is 0 Å². The molecule has 1 amide bonds. The predicted molar refractivity (Wildman–Crippen MR) is 120 cm³/mol. The summed E-state index contributed by atoms with van der Waals surface area (Å²) in [6, 6.07) is 12.6. The van der Waals surface area contributed by atoms with E-state index in [2.05, 4.69) is 9.97 Å². The van der Waals surface area contributed by atoms with Gasteiger partial charge in [0.25, 0.3) is 0 Å². The molecule has 2 aromatic heterocycles. The summed E-state index contributed by atoms with van der Waals surface area (Å²) < 4.78 is 0. The number of aryl methyl sites for hydroxylation is 1. The molecule has 0 saturated carbocycles. The molecule has 0 bridgehead atoms. The van der Waals surface area contributed by atoms with Crippen molar-refractivity contribution < 1.29 is 9.59 Å². The number of benzene rings is 1. The van der Waals surface area contributed by atoms with Gasteiger partial charge in [0.1, 0.15) is 10.8 Å². The summed E-state index contributed by atoms with van der Waals surface area (Å²) in [5, 5.41) is 0.924. The Morgan fingerprint density at radius 2 is 1.87 bits per heavy atom. The third-order valence-corrected chi connectivity index (χ3v) is 5.49. The van der Waals surface area contributed by atoms with Gasteiger partial charge in [-0.05, 0) is 36.2 Å². The Hall–Kier alpha value is -2.76. The zero-order valence-electron chi connectivity index (χ0n) is 16.7. The van der Waals surface area contributed by atoms with Crippen LogP contribution in [0.1, 0.15) is 35.8 Å². The number of ketones is 1. The third-order valence-electron chi connectivity index (χ3n) is 4.83. The summed E-state index contributed by atoms with van der Waals surface area (Å²) in [6.07, 6.45) is 4.47. The molecule has 0 aliphatic carbocycles. The fourth-order valence-electron chi connectivity index (χ4n) is 3.03. The molecule has 1 aromatic carbocycles. The van der Waals surface area contributed by atoms with E-state index in [4.69, 9.17) is 23.2 Å². The molecule has 0 fully saturated rings. The second-order valence-corrected chi connectivity index (χ2v) is 7.54. The van der Waals surface area contributed by atoms with Gasteiger partial charge >= 0.3 is 0 Å². The van der Waals surface area contributed by atoms with E-state index < -0.39 is 0 Å². The summed E-state index contributed by atoms with van der Waals surface area (Å²) >= 11 is 12.5. The highest BCUT2D eigenvalue weighted by molar-refractivity contribution is 6.33. The molecule has 0 saturated heterocycles. The molecular weight excluding hydrogens is 421 g/mol. The first-order valence-electron chi connectivity index (χ1n) is 9.55. The van der Waals surface area contributed by atoms with E-state index in [-0.39, 0.29) is 11.7 Å². The average molecular weight is 442 g/mol. The minimum Gasteiger partial charge on any atom is -0.315 e. The zero-order chi connectivity index (χ0) is 21.7. The van der Waals surface area contributed by atoms with E-state index in [0.29, 0.717) is 35.1 Å². The van der Waals surface area contributed by atoms with Gasteiger partial charge in [0.15, 0.2) is 5.78 Å². The van der Waals surface area contributed by atoms with Gasteiger partial charge in [-0.1, -0.05) is 48.3 Å². The van der Waals surface area contributed by atoms with Crippen LogP contribution < -0.4 is 4.90 Å². The fourth-order valence-corrected chi connectivity index (χ4v) is 3.53. The van der Waals surface area contributed by atoms with Crippen molar-refractivity contribution in [3.63, 3.8) is 0 Å². The molecular formula is C23H21Cl2N3O2. The SMILES string of the molecule is CCC(=O)N(C)c1ccc(-c2ccc(C(=O)CCc3cccnc3Cl)nc2)c(Cl)c1. The van der Waals surface area contributed by atoms with E-state index in [1.807, 2.05) is 31.2 Å². The minimum absolute atomic E-state index is 0.0101. The van der Waals surface area contributed by atoms with Crippen molar-refractivity contribution in [3.8, 4) is 11.1 Å². The molecule has 3 aromatic rings. The first-order chi connectivity index (χ1) is 14.4. The molecule has 0 unspecified atom stereocenters. The number of carbonyl (C=O) groups excluding carboxylic acids is 2. The number of pyridine rings is 2. The van der Waals surface area contributed by atoms with Crippen LogP contribution in [0.2, 0.25) is 10.2 Å². The molecule has 7 heteroatoms. The molecule has 5 nitrogen and oxygen atoms in total. The van der Waals surface area contributed by atoms with Gasteiger partial charge in [0.2, 0.25) is 5.91 Å². The van der Waals surface area contributed by atoms with Crippen molar-refractivity contribution in [1.29, 1.82) is 0 Å². The minimum atomic E-state index is -0.0670. The van der Waals surface area contributed by atoms with Gasteiger partial charge < -0.3 is 4.90 Å². The molecule has 0 aliphatic heterocycles. The lowest BCUT2D eigenvalue weighted by molar-refractivity contribution is -0.118. The molecule has 0 radical (unpaired) electrons. The Bertz CT molecular complexity index is 1070. The molecule has 0 atom stereocenters. The number of nitrogens with zero attached hydrogens (tertiary/aromatic N) is 3. The van der Waals surface area contributed by atoms with E-state index in [1.54, 1.807) is 42.5 Å². The number of rotatable bonds is 7. The highest BCUT2D eigenvalue weighted by Crippen LogP contribution is 2.31. The van der Waals surface area contributed by atoms with Crippen LogP contribution in [0.15, 0.2) is 54.9 Å². The average Bonchev–Trinajstić information content (AvgIpc) is 2.77. The maximum Gasteiger partial charge on any atom is 0.226 e. The van der Waals surface area contributed by atoms with Gasteiger partial charge in [-0.2, -0.15) is 0 Å². The third kappa shape index (κ3) is 5.04. The molecule has 30 heavy (non-hydrogen) atoms. The Kier molecular flexibility index (Phi) is 7.19. The summed E-state index contributed by atoms with van der Waals surface area (Å²) in [5.41, 5.74) is 3.53. The van der Waals surface area contributed by atoms with Crippen molar-refractivity contribution >= 4 is 40.6 Å². The fraction of sp³-hybridized carbons (Fsp3) is 0.217. The normalized spacial score (nSPS) is 10.7. The molecule has 2 heterocycles. The van der Waals surface area contributed by atoms with Crippen LogP contribution in [-0.2, 0) is 11.2 Å². The topological polar surface area (TPSA) is 63.2 Å². The Morgan fingerprint density at radius 3 is 2.50 bits per heavy atom. The molecule has 0 spiro atoms. The lowest BCUT2D eigenvalue weighted by Crippen LogP contribution is -2.24. The van der Waals surface area contributed by atoms with Gasteiger partial charge in [0.05, 0.1) is 5.02 Å². The molecule has 0 N–H and O–H groups in total. The van der Waals surface area contributed by atoms with E-state index in [9.17, 15) is 9.59 Å². The van der Waals surface area contributed by atoms with Crippen LogP contribution >= 0.6 is 23.2 Å². The van der Waals surface area contributed by atoms with Gasteiger partial charge in [-0.25, -0.2) is 4.98 Å². The lowest BCUT2D eigenvalue weighted by Gasteiger charge is -2.17. The van der Waals surface area contributed by atoms with Crippen molar-refractivity contribution in [2.24, 2.45) is 0 Å². The highest BCUT2D eigenvalue weighted by atomic mass is 35.5. The number of aromatic nitrogens is 2. The first kappa shape index (κ1) is 21.9. The van der Waals surface area contributed by atoms with Crippen LogP contribution in [0.4, 0.5) is 5.69 Å². The summed E-state index contributed by atoms with van der Waals surface area (Å²) in [6.45, 7) is 1.81. The lowest BCUT2D eigenvalue weighted by atomic mass is 10.0. The molecule has 3 rings (SSSR count). The smallest absolute Gasteiger partial charge is 0.226 e. The second-order valence-electron chi connectivity index (χ2n) is 6.78. The number of halogens is 2. The van der Waals surface area contributed by atoms with Crippen LogP contribution in [0.3, 0.4) is 0 Å². The maximum absolute atomic E-state index is 12.5. The van der Waals surface area contributed by atoms with E-state index in [0.717, 1.165) is 22.4 Å². The predicted octanol–water partition coefficient (Wildman–Crippen LogP) is 5.64. The number of anilines is 1. The highest BCUT2D eigenvalue weighted by Gasteiger charge is 2.13. The van der Waals surface area contributed by atoms with Crippen molar-refractivity contribution in [1.82, 2.24) is 9.97 Å². The van der Waals surface area contributed by atoms with Crippen molar-refractivity contribution in [2.45, 2.75) is 26.2 Å². The summed E-state index contributed by atoms with van der Waals surface area (Å²) in [7, 11) is 1.72. The maximum atomic E-state index is 12.5. The van der Waals surface area contributed by atoms with Crippen LogP contribution in [0.25, 0.3) is 11.1 Å². The Labute approximate surface area is 185 Å². The van der Waals surface area contributed by atoms with E-state index >= 15 is 0 Å².